The Morgan fingerprint density at radius 2 is 1.93 bits per heavy atom. The van der Waals surface area contributed by atoms with Gasteiger partial charge in [-0.15, -0.1) is 16.4 Å². The number of rotatable bonds is 4. The van der Waals surface area contributed by atoms with Crippen LogP contribution in [0, 0.1) is 0 Å². The summed E-state index contributed by atoms with van der Waals surface area (Å²) in [5, 5.41) is 21.0. The molecule has 0 bridgehead atoms. The molecule has 0 fully saturated rings. The zero-order chi connectivity index (χ0) is 21.3. The van der Waals surface area contributed by atoms with Crippen molar-refractivity contribution in [3.05, 3.63) is 77.6 Å². The van der Waals surface area contributed by atoms with E-state index in [1.54, 1.807) is 24.3 Å². The van der Waals surface area contributed by atoms with Gasteiger partial charge in [-0.3, -0.25) is 0 Å². The number of fused-ring (bicyclic) bond motifs is 1. The fourth-order valence-corrected chi connectivity index (χ4v) is 4.65. The minimum Gasteiger partial charge on any atom is -0.507 e. The van der Waals surface area contributed by atoms with E-state index in [0.717, 1.165) is 20.0 Å². The average molecular weight is 549 g/mol. The Morgan fingerprint density at radius 3 is 2.73 bits per heavy atom. The number of halogens is 2. The molecule has 0 aliphatic rings. The first kappa shape index (κ1) is 20.8. The molecule has 1 N–H and O–H groups in total. The molecule has 0 aliphatic heterocycles. The number of thiazole rings is 1. The number of nitrogens with zero attached hydrogens (tertiary/aromatic N) is 3. The lowest BCUT2D eigenvalue weighted by Crippen LogP contribution is -2.16. The maximum atomic E-state index is 12.6. The number of aromatic hydroxyl groups is 1. The van der Waals surface area contributed by atoms with E-state index in [-0.39, 0.29) is 5.75 Å². The molecule has 0 amide bonds. The fraction of sp³-hybridized carbons (Fsp3) is 0.0952. The fourth-order valence-electron chi connectivity index (χ4n) is 2.97. The normalized spacial score (nSPS) is 12.3. The maximum Gasteiger partial charge on any atom is 0.345 e. The standard InChI is InChI=1S/C21H15Br2N3O3S/c1-2-26-17(16-9-12-7-15(23)4-6-19(12)29-20(16)28)11-30-21(26)25-24-10-13-8-14(22)3-5-18(13)27/h3-11,27H,2H2,1H3/b24-10-,25-21+. The predicted octanol–water partition coefficient (Wildman–Crippen LogP) is 5.51. The number of phenolic OH excluding ortho intramolecular Hbond substituents is 1. The summed E-state index contributed by atoms with van der Waals surface area (Å²) in [5.41, 5.74) is 1.87. The summed E-state index contributed by atoms with van der Waals surface area (Å²) in [5.74, 6) is 0.118. The van der Waals surface area contributed by atoms with E-state index in [4.69, 9.17) is 4.42 Å². The summed E-state index contributed by atoms with van der Waals surface area (Å²) >= 11 is 8.19. The van der Waals surface area contributed by atoms with Crippen LogP contribution in [0.4, 0.5) is 0 Å². The molecular formula is C21H15Br2N3O3S. The highest BCUT2D eigenvalue weighted by Gasteiger charge is 2.13. The highest BCUT2D eigenvalue weighted by molar-refractivity contribution is 9.10. The van der Waals surface area contributed by atoms with Gasteiger partial charge in [-0.25, -0.2) is 4.79 Å². The second-order valence-electron chi connectivity index (χ2n) is 6.33. The van der Waals surface area contributed by atoms with E-state index in [1.165, 1.54) is 17.6 Å². The summed E-state index contributed by atoms with van der Waals surface area (Å²) in [4.78, 5) is 13.2. The smallest absolute Gasteiger partial charge is 0.345 e. The van der Waals surface area contributed by atoms with Gasteiger partial charge >= 0.3 is 5.63 Å². The largest absolute Gasteiger partial charge is 0.507 e. The van der Waals surface area contributed by atoms with Crippen molar-refractivity contribution in [3.63, 3.8) is 0 Å². The first-order valence-corrected chi connectivity index (χ1v) is 11.4. The van der Waals surface area contributed by atoms with Crippen molar-refractivity contribution in [2.75, 3.05) is 0 Å². The Morgan fingerprint density at radius 1 is 1.17 bits per heavy atom. The molecule has 0 unspecified atom stereocenters. The van der Waals surface area contributed by atoms with E-state index in [0.29, 0.717) is 28.1 Å². The molecule has 2 aromatic heterocycles. The zero-order valence-electron chi connectivity index (χ0n) is 15.7. The molecule has 0 spiro atoms. The number of aromatic nitrogens is 1. The maximum absolute atomic E-state index is 12.6. The quantitative estimate of drug-likeness (QED) is 0.207. The van der Waals surface area contributed by atoms with Gasteiger partial charge < -0.3 is 14.1 Å². The Kier molecular flexibility index (Phi) is 6.03. The lowest BCUT2D eigenvalue weighted by atomic mass is 10.1. The molecular weight excluding hydrogens is 534 g/mol. The van der Waals surface area contributed by atoms with E-state index in [1.807, 2.05) is 35.1 Å². The van der Waals surface area contributed by atoms with Gasteiger partial charge in [0.05, 0.1) is 17.5 Å². The highest BCUT2D eigenvalue weighted by atomic mass is 79.9. The second-order valence-corrected chi connectivity index (χ2v) is 8.99. The predicted molar refractivity (Wildman–Crippen MR) is 126 cm³/mol. The van der Waals surface area contributed by atoms with E-state index < -0.39 is 5.63 Å². The monoisotopic (exact) mass is 547 g/mol. The van der Waals surface area contributed by atoms with E-state index in [2.05, 4.69) is 42.1 Å². The molecule has 0 saturated carbocycles. The molecule has 4 aromatic rings. The molecule has 9 heteroatoms. The first-order valence-electron chi connectivity index (χ1n) is 8.94. The zero-order valence-corrected chi connectivity index (χ0v) is 19.7. The Balaban J connectivity index is 1.77. The lowest BCUT2D eigenvalue weighted by Gasteiger charge is -2.06. The van der Waals surface area contributed by atoms with Crippen molar-refractivity contribution >= 4 is 60.4 Å². The summed E-state index contributed by atoms with van der Waals surface area (Å²) < 4.78 is 9.14. The second kappa shape index (κ2) is 8.71. The molecule has 152 valence electrons. The van der Waals surface area contributed by atoms with Gasteiger partial charge in [0.2, 0.25) is 4.80 Å². The van der Waals surface area contributed by atoms with Gasteiger partial charge in [0.15, 0.2) is 0 Å². The first-order chi connectivity index (χ1) is 14.5. The number of hydrogen-bond acceptors (Lipinski definition) is 6. The van der Waals surface area contributed by atoms with Crippen LogP contribution in [-0.2, 0) is 6.54 Å². The third-order valence-corrected chi connectivity index (χ3v) is 6.25. The SMILES string of the molecule is CCn1c(-c2cc3cc(Br)ccc3oc2=O)cs/c1=N/N=C\c1cc(Br)ccc1O. The van der Waals surface area contributed by atoms with Gasteiger partial charge in [0.1, 0.15) is 11.3 Å². The Labute approximate surface area is 192 Å². The molecule has 30 heavy (non-hydrogen) atoms. The Hall–Kier alpha value is -2.49. The van der Waals surface area contributed by atoms with Gasteiger partial charge in [0.25, 0.3) is 0 Å². The molecule has 4 rings (SSSR count). The van der Waals surface area contributed by atoms with E-state index >= 15 is 0 Å². The Bertz CT molecular complexity index is 1400. The summed E-state index contributed by atoms with van der Waals surface area (Å²) in [6.07, 6.45) is 1.49. The van der Waals surface area contributed by atoms with Crippen LogP contribution in [0.2, 0.25) is 0 Å². The molecule has 2 heterocycles. The van der Waals surface area contributed by atoms with Crippen LogP contribution >= 0.6 is 43.2 Å². The lowest BCUT2D eigenvalue weighted by molar-refractivity contribution is 0.474. The highest BCUT2D eigenvalue weighted by Crippen LogP contribution is 2.24. The third-order valence-electron chi connectivity index (χ3n) is 4.41. The summed E-state index contributed by atoms with van der Waals surface area (Å²) in [6, 6.07) is 12.4. The van der Waals surface area contributed by atoms with Crippen LogP contribution in [-0.4, -0.2) is 15.9 Å². The molecule has 0 atom stereocenters. The van der Waals surface area contributed by atoms with Crippen molar-refractivity contribution in [2.24, 2.45) is 10.2 Å². The molecule has 0 radical (unpaired) electrons. The van der Waals surface area contributed by atoms with Crippen LogP contribution in [0.25, 0.3) is 22.2 Å². The average Bonchev–Trinajstić information content (AvgIpc) is 3.13. The third kappa shape index (κ3) is 4.19. The van der Waals surface area contributed by atoms with Crippen LogP contribution in [0.5, 0.6) is 5.75 Å². The van der Waals surface area contributed by atoms with Crippen molar-refractivity contribution in [2.45, 2.75) is 13.5 Å². The van der Waals surface area contributed by atoms with Crippen molar-refractivity contribution < 1.29 is 9.52 Å². The number of benzene rings is 2. The van der Waals surface area contributed by atoms with Crippen LogP contribution in [0.3, 0.4) is 0 Å². The van der Waals surface area contributed by atoms with Crippen molar-refractivity contribution in [3.8, 4) is 17.0 Å². The molecule has 0 saturated heterocycles. The van der Waals surface area contributed by atoms with Crippen LogP contribution < -0.4 is 10.4 Å². The van der Waals surface area contributed by atoms with Gasteiger partial charge in [0, 0.05) is 31.8 Å². The minimum atomic E-state index is -0.404. The van der Waals surface area contributed by atoms with Gasteiger partial charge in [-0.2, -0.15) is 5.10 Å². The molecule has 2 aromatic carbocycles. The van der Waals surface area contributed by atoms with E-state index in [9.17, 15) is 9.90 Å². The molecule has 6 nitrogen and oxygen atoms in total. The van der Waals surface area contributed by atoms with Crippen LogP contribution in [0.15, 0.2) is 76.2 Å². The molecule has 0 aliphatic carbocycles. The van der Waals surface area contributed by atoms with Crippen molar-refractivity contribution in [1.29, 1.82) is 0 Å². The van der Waals surface area contributed by atoms with Gasteiger partial charge in [-0.1, -0.05) is 31.9 Å². The topological polar surface area (TPSA) is 80.1 Å². The van der Waals surface area contributed by atoms with Crippen molar-refractivity contribution in [1.82, 2.24) is 4.57 Å². The van der Waals surface area contributed by atoms with Gasteiger partial charge in [-0.05, 0) is 49.4 Å². The number of hydrogen-bond donors (Lipinski definition) is 1. The van der Waals surface area contributed by atoms with Crippen LogP contribution in [0.1, 0.15) is 12.5 Å². The number of phenols is 1. The summed E-state index contributed by atoms with van der Waals surface area (Å²) in [7, 11) is 0. The summed E-state index contributed by atoms with van der Waals surface area (Å²) in [6.45, 7) is 2.57. The minimum absolute atomic E-state index is 0.118.